The van der Waals surface area contributed by atoms with Crippen molar-refractivity contribution < 1.29 is 19.0 Å². The van der Waals surface area contributed by atoms with Crippen LogP contribution in [-0.2, 0) is 4.74 Å². The molecule has 0 unspecified atom stereocenters. The summed E-state index contributed by atoms with van der Waals surface area (Å²) in [6.07, 6.45) is 4.09. The molecule has 0 fully saturated rings. The van der Waals surface area contributed by atoms with Gasteiger partial charge in [0.05, 0.1) is 5.69 Å². The van der Waals surface area contributed by atoms with Gasteiger partial charge in [-0.05, 0) is 61.7 Å². The number of thiophene rings is 1. The number of hydrogen-bond acceptors (Lipinski definition) is 6. The highest BCUT2D eigenvalue weighted by molar-refractivity contribution is 7.17. The van der Waals surface area contributed by atoms with Crippen LogP contribution < -0.4 is 0 Å². The van der Waals surface area contributed by atoms with Gasteiger partial charge in [-0.15, -0.1) is 21.6 Å². The lowest BCUT2D eigenvalue weighted by atomic mass is 10.1. The van der Waals surface area contributed by atoms with Gasteiger partial charge in [0, 0.05) is 6.42 Å². The van der Waals surface area contributed by atoms with Crippen molar-refractivity contribution in [3.05, 3.63) is 64.0 Å². The summed E-state index contributed by atoms with van der Waals surface area (Å²) in [5.74, 6) is -0.837. The minimum atomic E-state index is -0.621. The summed E-state index contributed by atoms with van der Waals surface area (Å²) in [6.45, 7) is 3.57. The second-order valence-corrected chi connectivity index (χ2v) is 6.93. The molecule has 26 heavy (non-hydrogen) atoms. The molecule has 3 rings (SSSR count). The third kappa shape index (κ3) is 4.05. The first-order valence-electron chi connectivity index (χ1n) is 8.03. The average Bonchev–Trinajstić information content (AvgIpc) is 3.09. The summed E-state index contributed by atoms with van der Waals surface area (Å²) in [6, 6.07) is 6.66. The quantitative estimate of drug-likeness (QED) is 0.515. The van der Waals surface area contributed by atoms with Gasteiger partial charge in [0.2, 0.25) is 0 Å². The summed E-state index contributed by atoms with van der Waals surface area (Å²) in [4.78, 5) is 12.4. The molecular formula is C19H17FN2O3S. The second kappa shape index (κ2) is 7.61. The highest BCUT2D eigenvalue weighted by Crippen LogP contribution is 2.31. The number of halogens is 1. The number of phenols is 1. The van der Waals surface area contributed by atoms with Crippen molar-refractivity contribution in [3.63, 3.8) is 0 Å². The van der Waals surface area contributed by atoms with E-state index in [2.05, 4.69) is 10.2 Å². The van der Waals surface area contributed by atoms with Gasteiger partial charge < -0.3 is 9.84 Å². The van der Waals surface area contributed by atoms with Crippen LogP contribution in [0.1, 0.15) is 33.6 Å². The lowest BCUT2D eigenvalue weighted by Crippen LogP contribution is -2.04. The van der Waals surface area contributed by atoms with Gasteiger partial charge in [0.15, 0.2) is 5.76 Å². The normalized spacial score (nSPS) is 14.3. The molecule has 0 atom stereocenters. The Morgan fingerprint density at radius 2 is 1.96 bits per heavy atom. The number of carbonyl (C=O) groups is 1. The van der Waals surface area contributed by atoms with Crippen molar-refractivity contribution in [3.8, 4) is 5.75 Å². The van der Waals surface area contributed by atoms with Gasteiger partial charge in [-0.2, -0.15) is 0 Å². The van der Waals surface area contributed by atoms with E-state index in [0.29, 0.717) is 33.1 Å². The Hall–Kier alpha value is -2.80. The van der Waals surface area contributed by atoms with Gasteiger partial charge in [-0.3, -0.25) is 0 Å². The van der Waals surface area contributed by atoms with Crippen LogP contribution in [0.25, 0.3) is 0 Å². The molecular weight excluding hydrogens is 355 g/mol. The van der Waals surface area contributed by atoms with Crippen molar-refractivity contribution in [2.24, 2.45) is 10.2 Å². The maximum Gasteiger partial charge on any atom is 0.353 e. The number of hydrogen-bond donors (Lipinski definition) is 1. The number of allylic oxidation sites excluding steroid dienone is 3. The number of aryl methyl sites for hydroxylation is 2. The van der Waals surface area contributed by atoms with Crippen molar-refractivity contribution >= 4 is 28.0 Å². The first-order valence-corrected chi connectivity index (χ1v) is 8.85. The zero-order valence-electron chi connectivity index (χ0n) is 14.3. The standard InChI is InChI=1S/C19H17FN2O3S/c1-11-9-13(10-12(2)18(11)23)21-22-17-8-7-16(26-17)19(24)25-15-6-4-3-5-14(15)20/h4,6-10,23H,3,5H2,1-2H3. The summed E-state index contributed by atoms with van der Waals surface area (Å²) in [5, 5.41) is 18.5. The van der Waals surface area contributed by atoms with Gasteiger partial charge >= 0.3 is 5.97 Å². The Labute approximate surface area is 154 Å². The molecule has 1 aromatic heterocycles. The van der Waals surface area contributed by atoms with Crippen LogP contribution in [0.15, 0.2) is 58.2 Å². The third-order valence-electron chi connectivity index (χ3n) is 3.80. The van der Waals surface area contributed by atoms with E-state index >= 15 is 0 Å². The fraction of sp³-hybridized carbons (Fsp3) is 0.211. The zero-order chi connectivity index (χ0) is 18.7. The van der Waals surface area contributed by atoms with Crippen LogP contribution in [0.5, 0.6) is 5.75 Å². The van der Waals surface area contributed by atoms with Crippen LogP contribution >= 0.6 is 11.3 Å². The summed E-state index contributed by atoms with van der Waals surface area (Å²) < 4.78 is 18.7. The molecule has 134 valence electrons. The van der Waals surface area contributed by atoms with E-state index < -0.39 is 11.8 Å². The fourth-order valence-corrected chi connectivity index (χ4v) is 3.15. The van der Waals surface area contributed by atoms with Crippen molar-refractivity contribution in [2.45, 2.75) is 26.7 Å². The SMILES string of the molecule is Cc1cc(N=Nc2ccc(C(=O)OC3=C(F)CCC=C3)s2)cc(C)c1O. The van der Waals surface area contributed by atoms with Crippen LogP contribution in [0.3, 0.4) is 0 Å². The minimum absolute atomic E-state index is 0.0344. The van der Waals surface area contributed by atoms with Crippen molar-refractivity contribution in [2.75, 3.05) is 0 Å². The van der Waals surface area contributed by atoms with Gasteiger partial charge in [0.25, 0.3) is 0 Å². The molecule has 0 aliphatic heterocycles. The van der Waals surface area contributed by atoms with Gasteiger partial charge in [0.1, 0.15) is 21.5 Å². The lowest BCUT2D eigenvalue weighted by Gasteiger charge is -2.08. The number of carbonyl (C=O) groups excluding carboxylic acids is 1. The molecule has 0 saturated carbocycles. The summed E-state index contributed by atoms with van der Waals surface area (Å²) in [5.41, 5.74) is 2.03. The smallest absolute Gasteiger partial charge is 0.353 e. The predicted molar refractivity (Wildman–Crippen MR) is 98.0 cm³/mol. The Balaban J connectivity index is 1.72. The molecule has 7 heteroatoms. The molecule has 1 N–H and O–H groups in total. The minimum Gasteiger partial charge on any atom is -0.507 e. The largest absolute Gasteiger partial charge is 0.507 e. The van der Waals surface area contributed by atoms with Crippen LogP contribution in [0.4, 0.5) is 15.1 Å². The number of nitrogens with zero attached hydrogens (tertiary/aromatic N) is 2. The maximum absolute atomic E-state index is 13.6. The monoisotopic (exact) mass is 372 g/mol. The number of rotatable bonds is 4. The summed E-state index contributed by atoms with van der Waals surface area (Å²) >= 11 is 1.11. The number of ether oxygens (including phenoxy) is 1. The first kappa shape index (κ1) is 18.0. The molecule has 0 radical (unpaired) electrons. The zero-order valence-corrected chi connectivity index (χ0v) is 15.1. The second-order valence-electron chi connectivity index (χ2n) is 5.87. The molecule has 0 spiro atoms. The predicted octanol–water partition coefficient (Wildman–Crippen LogP) is 6.17. The molecule has 1 aliphatic carbocycles. The number of benzene rings is 1. The number of phenolic OH excluding ortho intramolecular Hbond substituents is 1. The number of aromatic hydroxyl groups is 1. The first-order chi connectivity index (χ1) is 12.4. The number of esters is 1. The van der Waals surface area contributed by atoms with E-state index in [-0.39, 0.29) is 17.9 Å². The lowest BCUT2D eigenvalue weighted by molar-refractivity contribution is 0.0631. The van der Waals surface area contributed by atoms with E-state index in [0.717, 1.165) is 11.3 Å². The van der Waals surface area contributed by atoms with Crippen LogP contribution in [0, 0.1) is 13.8 Å². The molecule has 1 aromatic carbocycles. The highest BCUT2D eigenvalue weighted by Gasteiger charge is 2.16. The molecule has 0 bridgehead atoms. The average molecular weight is 372 g/mol. The van der Waals surface area contributed by atoms with Gasteiger partial charge in [-0.1, -0.05) is 6.08 Å². The molecule has 0 amide bonds. The van der Waals surface area contributed by atoms with Gasteiger partial charge in [-0.25, -0.2) is 9.18 Å². The van der Waals surface area contributed by atoms with Crippen molar-refractivity contribution in [1.82, 2.24) is 0 Å². The van der Waals surface area contributed by atoms with E-state index in [1.165, 1.54) is 6.08 Å². The Kier molecular flexibility index (Phi) is 5.27. The van der Waals surface area contributed by atoms with E-state index in [1.807, 2.05) is 0 Å². The topological polar surface area (TPSA) is 71.2 Å². The molecule has 5 nitrogen and oxygen atoms in total. The highest BCUT2D eigenvalue weighted by atomic mass is 32.1. The van der Waals surface area contributed by atoms with Crippen molar-refractivity contribution in [1.29, 1.82) is 0 Å². The molecule has 1 heterocycles. The Bertz CT molecular complexity index is 921. The van der Waals surface area contributed by atoms with Crippen LogP contribution in [-0.4, -0.2) is 11.1 Å². The van der Waals surface area contributed by atoms with E-state index in [1.54, 1.807) is 44.2 Å². The maximum atomic E-state index is 13.6. The van der Waals surface area contributed by atoms with E-state index in [4.69, 9.17) is 4.74 Å². The number of azo groups is 1. The van der Waals surface area contributed by atoms with Crippen LogP contribution in [0.2, 0.25) is 0 Å². The fourth-order valence-electron chi connectivity index (χ4n) is 2.44. The molecule has 2 aromatic rings. The summed E-state index contributed by atoms with van der Waals surface area (Å²) in [7, 11) is 0. The Morgan fingerprint density at radius 1 is 1.23 bits per heavy atom. The molecule has 0 saturated heterocycles. The third-order valence-corrected chi connectivity index (χ3v) is 4.75. The molecule has 1 aliphatic rings. The van der Waals surface area contributed by atoms with E-state index in [9.17, 15) is 14.3 Å². The Morgan fingerprint density at radius 3 is 2.65 bits per heavy atom.